The Hall–Kier alpha value is -2.74. The lowest BCUT2D eigenvalue weighted by Crippen LogP contribution is -2.06. The summed E-state index contributed by atoms with van der Waals surface area (Å²) >= 11 is 0. The summed E-state index contributed by atoms with van der Waals surface area (Å²) in [4.78, 5) is 16.9. The van der Waals surface area contributed by atoms with E-state index in [9.17, 15) is 4.79 Å². The summed E-state index contributed by atoms with van der Waals surface area (Å²) in [5, 5.41) is 0. The number of hydrogen-bond acceptors (Lipinski definition) is 2. The van der Waals surface area contributed by atoms with E-state index in [0.29, 0.717) is 11.3 Å². The zero-order chi connectivity index (χ0) is 14.7. The Balaban J connectivity index is 2.14. The topological polar surface area (TPSA) is 30.0 Å². The monoisotopic (exact) mass is 273 g/mol. The van der Waals surface area contributed by atoms with Gasteiger partial charge in [0, 0.05) is 11.8 Å². The van der Waals surface area contributed by atoms with E-state index in [1.807, 2.05) is 67.6 Å². The third-order valence-corrected chi connectivity index (χ3v) is 3.40. The molecule has 0 bridgehead atoms. The average Bonchev–Trinajstić information content (AvgIpc) is 2.56. The van der Waals surface area contributed by atoms with Crippen LogP contribution in [0.25, 0.3) is 11.1 Å². The molecule has 1 aromatic heterocycles. The number of benzene rings is 2. The minimum absolute atomic E-state index is 0.0434. The first-order valence-electron chi connectivity index (χ1n) is 6.87. The van der Waals surface area contributed by atoms with Crippen LogP contribution in [-0.2, 0) is 0 Å². The van der Waals surface area contributed by atoms with Crippen molar-refractivity contribution in [3.63, 3.8) is 0 Å². The molecule has 0 N–H and O–H groups in total. The van der Waals surface area contributed by atoms with Gasteiger partial charge in [0.15, 0.2) is 0 Å². The number of nitrogens with zero attached hydrogens (tertiary/aromatic N) is 1. The van der Waals surface area contributed by atoms with Gasteiger partial charge in [-0.25, -0.2) is 0 Å². The first-order valence-corrected chi connectivity index (χ1v) is 6.87. The van der Waals surface area contributed by atoms with Crippen molar-refractivity contribution in [2.24, 2.45) is 0 Å². The summed E-state index contributed by atoms with van der Waals surface area (Å²) in [5.74, 6) is -0.0434. The second kappa shape index (κ2) is 5.71. The second-order valence-corrected chi connectivity index (χ2v) is 4.96. The van der Waals surface area contributed by atoms with Crippen molar-refractivity contribution >= 4 is 5.78 Å². The number of carbonyl (C=O) groups is 1. The summed E-state index contributed by atoms with van der Waals surface area (Å²) in [6, 6.07) is 21.3. The molecule has 0 saturated heterocycles. The number of aryl methyl sites for hydroxylation is 1. The quantitative estimate of drug-likeness (QED) is 0.666. The number of rotatable bonds is 3. The van der Waals surface area contributed by atoms with Crippen LogP contribution in [0, 0.1) is 6.92 Å². The van der Waals surface area contributed by atoms with Gasteiger partial charge in [0.1, 0.15) is 5.69 Å². The molecule has 1 heterocycles. The molecule has 2 heteroatoms. The third kappa shape index (κ3) is 2.75. The molecule has 0 spiro atoms. The molecule has 21 heavy (non-hydrogen) atoms. The fourth-order valence-electron chi connectivity index (χ4n) is 2.35. The zero-order valence-electron chi connectivity index (χ0n) is 11.8. The van der Waals surface area contributed by atoms with Crippen LogP contribution in [0.1, 0.15) is 21.6 Å². The van der Waals surface area contributed by atoms with E-state index in [-0.39, 0.29) is 5.78 Å². The largest absolute Gasteiger partial charge is 0.287 e. The molecule has 0 fully saturated rings. The highest BCUT2D eigenvalue weighted by Crippen LogP contribution is 2.26. The first kappa shape index (κ1) is 13.3. The van der Waals surface area contributed by atoms with Crippen LogP contribution < -0.4 is 0 Å². The number of aromatic nitrogens is 1. The van der Waals surface area contributed by atoms with E-state index in [1.165, 1.54) is 0 Å². The fourth-order valence-corrected chi connectivity index (χ4v) is 2.35. The highest BCUT2D eigenvalue weighted by molar-refractivity contribution is 6.11. The van der Waals surface area contributed by atoms with Crippen LogP contribution in [0.3, 0.4) is 0 Å². The number of carbonyl (C=O) groups excluding carboxylic acids is 1. The van der Waals surface area contributed by atoms with E-state index in [0.717, 1.165) is 16.7 Å². The summed E-state index contributed by atoms with van der Waals surface area (Å²) in [6.45, 7) is 1.99. The van der Waals surface area contributed by atoms with E-state index < -0.39 is 0 Å². The minimum atomic E-state index is -0.0434. The molecule has 0 aliphatic heterocycles. The Bertz CT molecular complexity index is 764. The van der Waals surface area contributed by atoms with Crippen LogP contribution in [0.15, 0.2) is 72.9 Å². The molecule has 0 atom stereocenters. The lowest BCUT2D eigenvalue weighted by atomic mass is 9.94. The summed E-state index contributed by atoms with van der Waals surface area (Å²) in [5.41, 5.74) is 4.21. The van der Waals surface area contributed by atoms with Gasteiger partial charge in [0.05, 0.1) is 0 Å². The van der Waals surface area contributed by atoms with Crippen LogP contribution in [0.4, 0.5) is 0 Å². The van der Waals surface area contributed by atoms with Gasteiger partial charge in [-0.3, -0.25) is 9.78 Å². The van der Waals surface area contributed by atoms with E-state index in [2.05, 4.69) is 4.98 Å². The molecule has 0 radical (unpaired) electrons. The van der Waals surface area contributed by atoms with Gasteiger partial charge in [0.2, 0.25) is 5.78 Å². The predicted molar refractivity (Wildman–Crippen MR) is 84.3 cm³/mol. The standard InChI is InChI=1S/C19H15NO/c1-14-10-11-16(15-7-3-2-4-8-15)17(13-14)19(21)18-9-5-6-12-20-18/h2-13H,1H3. The van der Waals surface area contributed by atoms with Crippen molar-refractivity contribution in [3.05, 3.63) is 89.7 Å². The van der Waals surface area contributed by atoms with Crippen molar-refractivity contribution in [2.75, 3.05) is 0 Å². The van der Waals surface area contributed by atoms with E-state index in [1.54, 1.807) is 12.3 Å². The Labute approximate surface area is 124 Å². The molecular formula is C19H15NO. The third-order valence-electron chi connectivity index (χ3n) is 3.40. The van der Waals surface area contributed by atoms with Crippen molar-refractivity contribution < 1.29 is 4.79 Å². The Morgan fingerprint density at radius 1 is 0.905 bits per heavy atom. The number of pyridine rings is 1. The number of hydrogen-bond donors (Lipinski definition) is 0. The lowest BCUT2D eigenvalue weighted by Gasteiger charge is -2.10. The van der Waals surface area contributed by atoms with Gasteiger partial charge < -0.3 is 0 Å². The fraction of sp³-hybridized carbons (Fsp3) is 0.0526. The Morgan fingerprint density at radius 3 is 2.38 bits per heavy atom. The van der Waals surface area contributed by atoms with Gasteiger partial charge in [-0.15, -0.1) is 0 Å². The van der Waals surface area contributed by atoms with E-state index >= 15 is 0 Å². The van der Waals surface area contributed by atoms with Crippen LogP contribution in [-0.4, -0.2) is 10.8 Å². The van der Waals surface area contributed by atoms with Crippen molar-refractivity contribution in [2.45, 2.75) is 6.92 Å². The van der Waals surface area contributed by atoms with Gasteiger partial charge in [0.25, 0.3) is 0 Å². The molecule has 0 saturated carbocycles. The maximum Gasteiger partial charge on any atom is 0.211 e. The normalized spacial score (nSPS) is 10.3. The second-order valence-electron chi connectivity index (χ2n) is 4.96. The Morgan fingerprint density at radius 2 is 1.67 bits per heavy atom. The van der Waals surface area contributed by atoms with Crippen molar-refractivity contribution in [3.8, 4) is 11.1 Å². The predicted octanol–water partition coefficient (Wildman–Crippen LogP) is 4.29. The first-order chi connectivity index (χ1) is 10.3. The summed E-state index contributed by atoms with van der Waals surface area (Å²) in [7, 11) is 0. The van der Waals surface area contributed by atoms with Crippen molar-refractivity contribution in [1.82, 2.24) is 4.98 Å². The van der Waals surface area contributed by atoms with Crippen LogP contribution >= 0.6 is 0 Å². The molecule has 0 amide bonds. The lowest BCUT2D eigenvalue weighted by molar-refractivity contribution is 0.103. The van der Waals surface area contributed by atoms with E-state index in [4.69, 9.17) is 0 Å². The maximum atomic E-state index is 12.7. The summed E-state index contributed by atoms with van der Waals surface area (Å²) in [6.07, 6.45) is 1.64. The van der Waals surface area contributed by atoms with Crippen molar-refractivity contribution in [1.29, 1.82) is 0 Å². The zero-order valence-corrected chi connectivity index (χ0v) is 11.8. The summed E-state index contributed by atoms with van der Waals surface area (Å²) < 4.78 is 0. The van der Waals surface area contributed by atoms with Crippen LogP contribution in [0.2, 0.25) is 0 Å². The molecular weight excluding hydrogens is 258 g/mol. The highest BCUT2D eigenvalue weighted by Gasteiger charge is 2.15. The van der Waals surface area contributed by atoms with Gasteiger partial charge in [-0.1, -0.05) is 54.1 Å². The molecule has 3 aromatic rings. The molecule has 102 valence electrons. The number of ketones is 1. The molecule has 0 aliphatic rings. The van der Waals surface area contributed by atoms with Gasteiger partial charge in [-0.2, -0.15) is 0 Å². The minimum Gasteiger partial charge on any atom is -0.287 e. The Kier molecular flexibility index (Phi) is 3.61. The molecule has 2 nitrogen and oxygen atoms in total. The maximum absolute atomic E-state index is 12.7. The molecule has 0 unspecified atom stereocenters. The highest BCUT2D eigenvalue weighted by atomic mass is 16.1. The van der Waals surface area contributed by atoms with Crippen LogP contribution in [0.5, 0.6) is 0 Å². The van der Waals surface area contributed by atoms with Gasteiger partial charge in [-0.05, 0) is 36.2 Å². The molecule has 2 aromatic carbocycles. The molecule has 3 rings (SSSR count). The smallest absolute Gasteiger partial charge is 0.211 e. The average molecular weight is 273 g/mol. The SMILES string of the molecule is Cc1ccc(-c2ccccc2)c(C(=O)c2ccccn2)c1. The van der Waals surface area contributed by atoms with Gasteiger partial charge >= 0.3 is 0 Å². The molecule has 0 aliphatic carbocycles.